The highest BCUT2D eigenvalue weighted by atomic mass is 14.7. The molecule has 2 nitrogen and oxygen atoms in total. The maximum atomic E-state index is 3.87. The Hall–Kier alpha value is -1.70. The zero-order valence-corrected chi connectivity index (χ0v) is 6.36. The van der Waals surface area contributed by atoms with Crippen LogP contribution in [0.1, 0.15) is 0 Å². The fourth-order valence-corrected chi connectivity index (χ4v) is 0.776. The number of aromatic nitrogens is 2. The number of fused-ring (bicyclic) bond motifs is 1. The minimum atomic E-state index is 1.12. The summed E-state index contributed by atoms with van der Waals surface area (Å²) < 4.78 is 0. The standard InChI is InChI=1S/C5H2N.C5H4N/c1-2-5-4(1)3-6-5;1-2-4-6-5-3-1/h2-3H;2-5H. The van der Waals surface area contributed by atoms with Crippen LogP contribution in [0.2, 0.25) is 0 Å². The number of hydrogen-bond donors (Lipinski definition) is 0. The molecule has 0 fully saturated rings. The Morgan fingerprint density at radius 3 is 2.00 bits per heavy atom. The molecular formula is C10H6N2. The lowest BCUT2D eigenvalue weighted by Gasteiger charge is -2.07. The summed E-state index contributed by atoms with van der Waals surface area (Å²) in [4.78, 5) is 7.63. The van der Waals surface area contributed by atoms with Crippen LogP contribution in [0.3, 0.4) is 0 Å². The predicted octanol–water partition coefficient (Wildman–Crippen LogP) is 1.74. The van der Waals surface area contributed by atoms with Crippen LogP contribution < -0.4 is 0 Å². The van der Waals surface area contributed by atoms with Crippen molar-refractivity contribution in [1.82, 2.24) is 9.97 Å². The van der Waals surface area contributed by atoms with Crippen molar-refractivity contribution in [2.24, 2.45) is 0 Å². The summed E-state index contributed by atoms with van der Waals surface area (Å²) in [5.41, 5.74) is 2.31. The molecule has 0 aromatic carbocycles. The van der Waals surface area contributed by atoms with E-state index >= 15 is 0 Å². The maximum absolute atomic E-state index is 3.87. The van der Waals surface area contributed by atoms with Gasteiger partial charge in [-0.1, -0.05) is 0 Å². The monoisotopic (exact) mass is 154 g/mol. The molecule has 0 atom stereocenters. The van der Waals surface area contributed by atoms with Crippen LogP contribution in [-0.4, -0.2) is 9.97 Å². The largest absolute Gasteiger partial charge is 0.265 e. The minimum absolute atomic E-state index is 1.12. The van der Waals surface area contributed by atoms with E-state index in [-0.39, 0.29) is 0 Å². The molecule has 0 unspecified atom stereocenters. The minimum Gasteiger partial charge on any atom is -0.265 e. The van der Waals surface area contributed by atoms with Crippen LogP contribution in [0.5, 0.6) is 0 Å². The summed E-state index contributed by atoms with van der Waals surface area (Å²) in [6.45, 7) is 0. The van der Waals surface area contributed by atoms with E-state index < -0.39 is 0 Å². The van der Waals surface area contributed by atoms with E-state index in [1.165, 1.54) is 5.56 Å². The van der Waals surface area contributed by atoms with Gasteiger partial charge in [0, 0.05) is 24.2 Å². The average Bonchev–Trinajstić information content (AvgIpc) is 2.15. The lowest BCUT2D eigenvalue weighted by molar-refractivity contribution is 1.23. The van der Waals surface area contributed by atoms with Gasteiger partial charge in [0.2, 0.25) is 0 Å². The Bertz CT molecular complexity index is 290. The van der Waals surface area contributed by atoms with Gasteiger partial charge in [0.05, 0.1) is 5.69 Å². The molecule has 2 radical (unpaired) electrons. The second-order valence-corrected chi connectivity index (χ2v) is 2.29. The van der Waals surface area contributed by atoms with Crippen LogP contribution in [-0.2, 0) is 0 Å². The number of rotatable bonds is 0. The van der Waals surface area contributed by atoms with Gasteiger partial charge in [-0.15, -0.1) is 0 Å². The molecule has 1 aliphatic carbocycles. The van der Waals surface area contributed by atoms with Crippen molar-refractivity contribution < 1.29 is 0 Å². The van der Waals surface area contributed by atoms with Crippen LogP contribution in [0, 0.1) is 12.1 Å². The smallest absolute Gasteiger partial charge is 0.0730 e. The normalized spacial score (nSPS) is 9.67. The molecule has 0 bridgehead atoms. The van der Waals surface area contributed by atoms with Crippen molar-refractivity contribution in [2.45, 2.75) is 0 Å². The molecule has 2 heteroatoms. The number of nitrogens with zero attached hydrogens (tertiary/aromatic N) is 2. The van der Waals surface area contributed by atoms with E-state index in [9.17, 15) is 0 Å². The average molecular weight is 154 g/mol. The lowest BCUT2D eigenvalue weighted by atomic mass is 10.1. The summed E-state index contributed by atoms with van der Waals surface area (Å²) in [5.74, 6) is 0. The fourth-order valence-electron chi connectivity index (χ4n) is 0.776. The van der Waals surface area contributed by atoms with Gasteiger partial charge in [-0.25, -0.2) is 0 Å². The molecule has 56 valence electrons. The molecule has 1 aromatic heterocycles. The number of pyridine rings is 2. The molecule has 1 aliphatic heterocycles. The molecule has 0 amide bonds. The quantitative estimate of drug-likeness (QED) is 0.493. The van der Waals surface area contributed by atoms with Crippen molar-refractivity contribution in [3.8, 4) is 11.3 Å². The van der Waals surface area contributed by atoms with Crippen molar-refractivity contribution in [2.75, 3.05) is 0 Å². The van der Waals surface area contributed by atoms with Gasteiger partial charge < -0.3 is 0 Å². The first-order valence-electron chi connectivity index (χ1n) is 3.61. The van der Waals surface area contributed by atoms with Gasteiger partial charge in [0.15, 0.2) is 0 Å². The summed E-state index contributed by atoms with van der Waals surface area (Å²) in [6, 6.07) is 11.2. The summed E-state index contributed by atoms with van der Waals surface area (Å²) >= 11 is 0. The van der Waals surface area contributed by atoms with Gasteiger partial charge in [-0.3, -0.25) is 9.97 Å². The summed E-state index contributed by atoms with van der Waals surface area (Å²) in [7, 11) is 0. The van der Waals surface area contributed by atoms with Crippen LogP contribution >= 0.6 is 0 Å². The van der Waals surface area contributed by atoms with E-state index in [2.05, 4.69) is 22.1 Å². The first kappa shape index (κ1) is 6.98. The van der Waals surface area contributed by atoms with Gasteiger partial charge in [0.25, 0.3) is 0 Å². The van der Waals surface area contributed by atoms with Gasteiger partial charge in [-0.2, -0.15) is 0 Å². The van der Waals surface area contributed by atoms with Gasteiger partial charge in [-0.05, 0) is 30.3 Å². The fraction of sp³-hybridized carbons (Fsp3) is 0. The molecule has 2 heterocycles. The molecule has 0 N–H and O–H groups in total. The van der Waals surface area contributed by atoms with E-state index in [1.807, 2.05) is 12.3 Å². The summed E-state index contributed by atoms with van der Waals surface area (Å²) in [6.07, 6.45) is 5.20. The third kappa shape index (κ3) is 1.32. The van der Waals surface area contributed by atoms with Gasteiger partial charge in [0.1, 0.15) is 0 Å². The highest BCUT2D eigenvalue weighted by Crippen LogP contribution is 2.24. The third-order valence-electron chi connectivity index (χ3n) is 1.49. The second kappa shape index (κ2) is 3.13. The molecule has 3 rings (SSSR count). The van der Waals surface area contributed by atoms with E-state index in [0.29, 0.717) is 0 Å². The highest BCUT2D eigenvalue weighted by molar-refractivity contribution is 5.67. The zero-order valence-electron chi connectivity index (χ0n) is 6.36. The molecule has 0 saturated carbocycles. The predicted molar refractivity (Wildman–Crippen MR) is 45.1 cm³/mol. The van der Waals surface area contributed by atoms with Crippen molar-refractivity contribution >= 4 is 0 Å². The van der Waals surface area contributed by atoms with Crippen molar-refractivity contribution in [3.63, 3.8) is 0 Å². The Morgan fingerprint density at radius 1 is 1.17 bits per heavy atom. The van der Waals surface area contributed by atoms with Crippen molar-refractivity contribution in [1.29, 1.82) is 0 Å². The molecule has 12 heavy (non-hydrogen) atoms. The topological polar surface area (TPSA) is 25.8 Å². The SMILES string of the molecule is [c]1cc2ncc1-2.[c]1ccncc1. The van der Waals surface area contributed by atoms with Gasteiger partial charge >= 0.3 is 0 Å². The maximum Gasteiger partial charge on any atom is 0.0730 e. The van der Waals surface area contributed by atoms with Crippen LogP contribution in [0.25, 0.3) is 11.3 Å². The van der Waals surface area contributed by atoms with E-state index in [4.69, 9.17) is 0 Å². The molecule has 0 spiro atoms. The molecule has 2 aliphatic rings. The van der Waals surface area contributed by atoms with Crippen LogP contribution in [0.15, 0.2) is 36.8 Å². The Morgan fingerprint density at radius 2 is 1.92 bits per heavy atom. The van der Waals surface area contributed by atoms with Crippen molar-refractivity contribution in [3.05, 3.63) is 48.9 Å². The second-order valence-electron chi connectivity index (χ2n) is 2.29. The molecular weight excluding hydrogens is 148 g/mol. The highest BCUT2D eigenvalue weighted by Gasteiger charge is 2.07. The third-order valence-corrected chi connectivity index (χ3v) is 1.49. The summed E-state index contributed by atoms with van der Waals surface area (Å²) in [5, 5.41) is 0. The Kier molecular flexibility index (Phi) is 1.82. The van der Waals surface area contributed by atoms with Crippen LogP contribution in [0.4, 0.5) is 0 Å². The zero-order chi connectivity index (χ0) is 8.23. The van der Waals surface area contributed by atoms with E-state index in [1.54, 1.807) is 24.5 Å². The molecule has 1 aromatic rings. The first-order chi connectivity index (χ1) is 5.97. The molecule has 0 saturated heterocycles. The Balaban J connectivity index is 0.0000000939. The lowest BCUT2D eigenvalue weighted by Crippen LogP contribution is -1.93. The Labute approximate surface area is 70.9 Å². The van der Waals surface area contributed by atoms with E-state index in [0.717, 1.165) is 5.69 Å². The first-order valence-corrected chi connectivity index (χ1v) is 3.61. The number of hydrogen-bond acceptors (Lipinski definition) is 2.